The highest BCUT2D eigenvalue weighted by molar-refractivity contribution is 6.62. The Balaban J connectivity index is 1.51. The number of hydrogen-bond acceptors (Lipinski definition) is 4. The maximum absolute atomic E-state index is 6.28. The lowest BCUT2D eigenvalue weighted by atomic mass is 9.78. The van der Waals surface area contributed by atoms with Crippen molar-refractivity contribution in [1.82, 2.24) is 0 Å². The molecule has 0 amide bonds. The SMILES string of the molecule is COC(C)(C)C(C)(C)OBc1ccc2c(c1)Cc1cc(B3OC(C)(C)C(C)(C)O3)ccc1-2. The Morgan fingerprint density at radius 3 is 2.00 bits per heavy atom. The second kappa shape index (κ2) is 7.73. The Kier molecular flexibility index (Phi) is 5.69. The molecule has 6 heteroatoms. The largest absolute Gasteiger partial charge is 0.494 e. The average Bonchev–Trinajstić information content (AvgIpc) is 3.18. The predicted octanol–water partition coefficient (Wildman–Crippen LogP) is 3.75. The van der Waals surface area contributed by atoms with Gasteiger partial charge in [-0.3, -0.25) is 0 Å². The third kappa shape index (κ3) is 3.96. The van der Waals surface area contributed by atoms with Crippen LogP contribution in [0.5, 0.6) is 0 Å². The highest BCUT2D eigenvalue weighted by atomic mass is 16.7. The first kappa shape index (κ1) is 23.6. The van der Waals surface area contributed by atoms with Crippen molar-refractivity contribution in [3.8, 4) is 11.1 Å². The zero-order valence-electron chi connectivity index (χ0n) is 21.1. The van der Waals surface area contributed by atoms with Gasteiger partial charge in [0.1, 0.15) is 0 Å². The van der Waals surface area contributed by atoms with Crippen molar-refractivity contribution in [2.24, 2.45) is 0 Å². The van der Waals surface area contributed by atoms with Gasteiger partial charge in [0.25, 0.3) is 0 Å². The second-order valence-corrected chi connectivity index (χ2v) is 11.2. The van der Waals surface area contributed by atoms with Crippen molar-refractivity contribution in [3.63, 3.8) is 0 Å². The fourth-order valence-corrected chi connectivity index (χ4v) is 4.18. The van der Waals surface area contributed by atoms with E-state index in [2.05, 4.69) is 91.8 Å². The number of benzene rings is 2. The summed E-state index contributed by atoms with van der Waals surface area (Å²) in [5, 5.41) is 0. The highest BCUT2D eigenvalue weighted by Gasteiger charge is 2.51. The molecule has 1 saturated heterocycles. The minimum atomic E-state index is -0.401. The van der Waals surface area contributed by atoms with E-state index in [0.717, 1.165) is 11.9 Å². The monoisotopic (exact) mass is 434 g/mol. The van der Waals surface area contributed by atoms with Gasteiger partial charge in [-0.25, -0.2) is 0 Å². The van der Waals surface area contributed by atoms with Crippen molar-refractivity contribution < 1.29 is 18.7 Å². The van der Waals surface area contributed by atoms with E-state index < -0.39 is 5.60 Å². The molecule has 1 aliphatic carbocycles. The highest BCUT2D eigenvalue weighted by Crippen LogP contribution is 2.38. The minimum Gasteiger partial charge on any atom is -0.427 e. The van der Waals surface area contributed by atoms with Crippen LogP contribution in [0.1, 0.15) is 66.5 Å². The van der Waals surface area contributed by atoms with Crippen LogP contribution in [0.2, 0.25) is 0 Å². The van der Waals surface area contributed by atoms with Gasteiger partial charge in [-0.05, 0) is 89.5 Å². The van der Waals surface area contributed by atoms with Gasteiger partial charge in [0, 0.05) is 7.11 Å². The summed E-state index contributed by atoms with van der Waals surface area (Å²) in [6.45, 7) is 16.6. The molecular formula is C26H36B2O4. The van der Waals surface area contributed by atoms with E-state index in [9.17, 15) is 0 Å². The van der Waals surface area contributed by atoms with Gasteiger partial charge in [-0.2, -0.15) is 0 Å². The van der Waals surface area contributed by atoms with E-state index in [4.69, 9.17) is 18.7 Å². The molecule has 1 heterocycles. The molecule has 2 aliphatic rings. The molecule has 0 aromatic heterocycles. The topological polar surface area (TPSA) is 36.9 Å². The molecule has 4 nitrogen and oxygen atoms in total. The van der Waals surface area contributed by atoms with Gasteiger partial charge in [-0.1, -0.05) is 41.9 Å². The summed E-state index contributed by atoms with van der Waals surface area (Å²) < 4.78 is 24.4. The van der Waals surface area contributed by atoms with Crippen molar-refractivity contribution in [3.05, 3.63) is 47.5 Å². The van der Waals surface area contributed by atoms with E-state index in [1.165, 1.54) is 27.7 Å². The van der Waals surface area contributed by atoms with E-state index in [0.29, 0.717) is 7.48 Å². The fraction of sp³-hybridized carbons (Fsp3) is 0.538. The summed E-state index contributed by atoms with van der Waals surface area (Å²) in [5.74, 6) is 0. The molecule has 0 radical (unpaired) electrons. The van der Waals surface area contributed by atoms with Crippen molar-refractivity contribution >= 4 is 25.5 Å². The van der Waals surface area contributed by atoms with E-state index in [1.54, 1.807) is 7.11 Å². The molecular weight excluding hydrogens is 398 g/mol. The minimum absolute atomic E-state index is 0.329. The van der Waals surface area contributed by atoms with Crippen LogP contribution >= 0.6 is 0 Å². The average molecular weight is 434 g/mol. The molecule has 0 atom stereocenters. The predicted molar refractivity (Wildman–Crippen MR) is 133 cm³/mol. The Morgan fingerprint density at radius 2 is 1.41 bits per heavy atom. The van der Waals surface area contributed by atoms with Crippen LogP contribution in [0.15, 0.2) is 36.4 Å². The van der Waals surface area contributed by atoms with Crippen molar-refractivity contribution in [2.75, 3.05) is 7.11 Å². The van der Waals surface area contributed by atoms with Crippen LogP contribution in [-0.2, 0) is 25.1 Å². The standard InChI is InChI=1S/C26H36B2O4/c1-23(2,29-9)24(3,4)30-27-19-10-12-21-17(15-19)14-18-16-20(11-13-22(18)21)28-31-25(5,6)26(7,8)32-28/h10-13,15-16,27H,14H2,1-9H3. The molecule has 0 unspecified atom stereocenters. The number of ether oxygens (including phenoxy) is 1. The molecule has 0 spiro atoms. The smallest absolute Gasteiger partial charge is 0.427 e. The van der Waals surface area contributed by atoms with Gasteiger partial charge in [0.2, 0.25) is 0 Å². The first-order valence-electron chi connectivity index (χ1n) is 11.6. The van der Waals surface area contributed by atoms with E-state index in [1.807, 2.05) is 0 Å². The first-order valence-corrected chi connectivity index (χ1v) is 11.6. The Morgan fingerprint density at radius 1 is 0.844 bits per heavy atom. The van der Waals surface area contributed by atoms with Gasteiger partial charge >= 0.3 is 14.6 Å². The van der Waals surface area contributed by atoms with Gasteiger partial charge in [0.05, 0.1) is 22.4 Å². The summed E-state index contributed by atoms with van der Waals surface area (Å²) >= 11 is 0. The summed E-state index contributed by atoms with van der Waals surface area (Å²) in [5.41, 5.74) is 6.10. The van der Waals surface area contributed by atoms with Crippen LogP contribution in [0.4, 0.5) is 0 Å². The Hall–Kier alpha value is -1.59. The summed E-state index contributed by atoms with van der Waals surface area (Å²) in [6, 6.07) is 13.3. The molecule has 32 heavy (non-hydrogen) atoms. The van der Waals surface area contributed by atoms with E-state index >= 15 is 0 Å². The third-order valence-electron chi connectivity index (χ3n) is 8.06. The zero-order valence-corrected chi connectivity index (χ0v) is 21.1. The lowest BCUT2D eigenvalue weighted by Gasteiger charge is -2.40. The molecule has 0 bridgehead atoms. The third-order valence-corrected chi connectivity index (χ3v) is 8.06. The maximum atomic E-state index is 6.28. The summed E-state index contributed by atoms with van der Waals surface area (Å²) in [7, 11) is 1.96. The lowest BCUT2D eigenvalue weighted by Crippen LogP contribution is -2.50. The normalized spacial score (nSPS) is 19.1. The van der Waals surface area contributed by atoms with Crippen LogP contribution in [0.3, 0.4) is 0 Å². The van der Waals surface area contributed by atoms with Gasteiger partial charge in [-0.15, -0.1) is 0 Å². The quantitative estimate of drug-likeness (QED) is 0.554. The van der Waals surface area contributed by atoms with Crippen molar-refractivity contribution in [2.45, 2.75) is 84.2 Å². The number of fused-ring (bicyclic) bond motifs is 3. The summed E-state index contributed by atoms with van der Waals surface area (Å²) in [6.07, 6.45) is 0.915. The summed E-state index contributed by atoms with van der Waals surface area (Å²) in [4.78, 5) is 0. The molecule has 170 valence electrons. The molecule has 4 rings (SSSR count). The first-order chi connectivity index (χ1) is 14.8. The Bertz CT molecular complexity index is 1010. The maximum Gasteiger partial charge on any atom is 0.494 e. The molecule has 1 aliphatic heterocycles. The van der Waals surface area contributed by atoms with Crippen molar-refractivity contribution in [1.29, 1.82) is 0 Å². The van der Waals surface area contributed by atoms with Crippen LogP contribution in [0.25, 0.3) is 11.1 Å². The zero-order chi connectivity index (χ0) is 23.5. The molecule has 2 aromatic rings. The lowest BCUT2D eigenvalue weighted by molar-refractivity contribution is -0.114. The number of hydrogen-bond donors (Lipinski definition) is 0. The molecule has 0 N–H and O–H groups in total. The van der Waals surface area contributed by atoms with Crippen LogP contribution in [0, 0.1) is 0 Å². The number of methoxy groups -OCH3 is 1. The molecule has 0 saturated carbocycles. The second-order valence-electron chi connectivity index (χ2n) is 11.2. The number of rotatable bonds is 6. The van der Waals surface area contributed by atoms with Crippen LogP contribution in [-0.4, -0.2) is 44.1 Å². The molecule has 2 aromatic carbocycles. The van der Waals surface area contributed by atoms with Gasteiger partial charge in [0.15, 0.2) is 0 Å². The van der Waals surface area contributed by atoms with Gasteiger partial charge < -0.3 is 18.7 Å². The fourth-order valence-electron chi connectivity index (χ4n) is 4.18. The Labute approximate surface area is 194 Å². The van der Waals surface area contributed by atoms with Crippen LogP contribution < -0.4 is 10.9 Å². The van der Waals surface area contributed by atoms with E-state index in [-0.39, 0.29) is 23.9 Å². The molecule has 1 fully saturated rings.